The van der Waals surface area contributed by atoms with Crippen molar-refractivity contribution in [1.82, 2.24) is 0 Å². The number of ketones is 2. The van der Waals surface area contributed by atoms with Crippen LogP contribution in [-0.4, -0.2) is 27.3 Å². The minimum Gasteiger partial charge on any atom is -0.380 e. The van der Waals surface area contributed by atoms with Crippen LogP contribution in [0.5, 0.6) is 0 Å². The van der Waals surface area contributed by atoms with Gasteiger partial charge in [0, 0.05) is 27.3 Å². The molecular formula is C50H45O6P. The molecule has 2 N–H and O–H groups in total. The van der Waals surface area contributed by atoms with Crippen LogP contribution in [0.4, 0.5) is 0 Å². The van der Waals surface area contributed by atoms with Gasteiger partial charge in [-0.05, 0) is 43.0 Å². The average molecular weight is 773 g/mol. The zero-order valence-corrected chi connectivity index (χ0v) is 33.0. The first-order chi connectivity index (χ1) is 27.5. The van der Waals surface area contributed by atoms with Crippen molar-refractivity contribution in [2.24, 2.45) is 0 Å². The molecule has 0 aliphatic rings. The molecule has 0 aliphatic carbocycles. The molecule has 0 amide bonds. The summed E-state index contributed by atoms with van der Waals surface area (Å²) in [5.74, 6) is -0.543. The standard InChI is InChI=1S/C22H21O2P.2C14H12O2/c1-16-14-17(2)21(18(3)15-16)22(23)25(24,19-10-6-4-7-11-19)20-12-8-5-9-13-20;2*15-13(11-7-3-1-4-8-11)14(16)12-9-5-2-6-10-12/h4-15H,1-3H3;2*1-10,13,15H. The van der Waals surface area contributed by atoms with Gasteiger partial charge in [0.05, 0.1) is 0 Å². The van der Waals surface area contributed by atoms with Gasteiger partial charge in [-0.2, -0.15) is 0 Å². The fourth-order valence-electron chi connectivity index (χ4n) is 6.43. The van der Waals surface area contributed by atoms with E-state index in [0.29, 0.717) is 38.4 Å². The van der Waals surface area contributed by atoms with Crippen molar-refractivity contribution in [3.05, 3.63) is 239 Å². The van der Waals surface area contributed by atoms with Crippen LogP contribution < -0.4 is 10.6 Å². The fourth-order valence-corrected chi connectivity index (χ4v) is 9.05. The second-order valence-electron chi connectivity index (χ2n) is 13.4. The van der Waals surface area contributed by atoms with E-state index in [1.807, 2.05) is 93.6 Å². The highest BCUT2D eigenvalue weighted by molar-refractivity contribution is 7.93. The van der Waals surface area contributed by atoms with E-state index in [1.165, 1.54) is 0 Å². The second kappa shape index (κ2) is 20.0. The molecule has 0 aromatic heterocycles. The number of aliphatic hydroxyl groups is 2. The molecule has 0 spiro atoms. The Labute approximate surface area is 334 Å². The van der Waals surface area contributed by atoms with Crippen molar-refractivity contribution in [3.63, 3.8) is 0 Å². The molecule has 0 fully saturated rings. The van der Waals surface area contributed by atoms with Gasteiger partial charge in [0.15, 0.2) is 11.6 Å². The number of Topliss-reactive ketones (excluding diaryl/α,β-unsaturated/α-hetero) is 2. The predicted molar refractivity (Wildman–Crippen MR) is 229 cm³/mol. The van der Waals surface area contributed by atoms with Gasteiger partial charge in [0.1, 0.15) is 12.2 Å². The number of carbonyl (C=O) groups is 3. The van der Waals surface area contributed by atoms with E-state index < -0.39 is 19.3 Å². The van der Waals surface area contributed by atoms with Gasteiger partial charge >= 0.3 is 0 Å². The van der Waals surface area contributed by atoms with Crippen LogP contribution in [0.15, 0.2) is 194 Å². The Bertz CT molecular complexity index is 2260. The van der Waals surface area contributed by atoms with Gasteiger partial charge in [-0.1, -0.05) is 200 Å². The van der Waals surface area contributed by atoms with Crippen LogP contribution in [0, 0.1) is 20.8 Å². The van der Waals surface area contributed by atoms with E-state index in [1.54, 1.807) is 121 Å². The summed E-state index contributed by atoms with van der Waals surface area (Å²) in [6.45, 7) is 5.82. The number of aryl methyl sites for hydroxylation is 3. The lowest BCUT2D eigenvalue weighted by atomic mass is 10.0. The van der Waals surface area contributed by atoms with E-state index in [4.69, 9.17) is 0 Å². The molecule has 0 aliphatic heterocycles. The summed E-state index contributed by atoms with van der Waals surface area (Å²) in [5.41, 5.74) is 5.41. The first kappa shape index (κ1) is 41.9. The summed E-state index contributed by atoms with van der Waals surface area (Å²) in [4.78, 5) is 37.3. The van der Waals surface area contributed by atoms with Crippen LogP contribution in [0.25, 0.3) is 0 Å². The van der Waals surface area contributed by atoms with Crippen molar-refractivity contribution in [2.75, 3.05) is 0 Å². The second-order valence-corrected chi connectivity index (χ2v) is 16.1. The monoisotopic (exact) mass is 772 g/mol. The molecule has 7 aromatic carbocycles. The quantitative estimate of drug-likeness (QED) is 0.106. The van der Waals surface area contributed by atoms with Gasteiger partial charge in [-0.25, -0.2) is 0 Å². The Morgan fingerprint density at radius 2 is 0.719 bits per heavy atom. The summed E-state index contributed by atoms with van der Waals surface area (Å²) in [7, 11) is -3.44. The van der Waals surface area contributed by atoms with Gasteiger partial charge < -0.3 is 14.8 Å². The fraction of sp³-hybridized carbons (Fsp3) is 0.100. The molecule has 0 saturated carbocycles. The summed E-state index contributed by atoms with van der Waals surface area (Å²) < 4.78 is 14.2. The maximum Gasteiger partial charge on any atom is 0.230 e. The summed E-state index contributed by atoms with van der Waals surface area (Å²) in [6.07, 6.45) is -2.16. The summed E-state index contributed by atoms with van der Waals surface area (Å²) >= 11 is 0. The lowest BCUT2D eigenvalue weighted by molar-refractivity contribution is 0.0743. The minimum absolute atomic E-state index is 0.271. The average Bonchev–Trinajstić information content (AvgIpc) is 3.27. The number of hydrogen-bond donors (Lipinski definition) is 2. The summed E-state index contributed by atoms with van der Waals surface area (Å²) in [5, 5.41) is 20.9. The molecule has 57 heavy (non-hydrogen) atoms. The molecule has 7 rings (SSSR count). The van der Waals surface area contributed by atoms with Crippen molar-refractivity contribution in [2.45, 2.75) is 33.0 Å². The maximum atomic E-state index is 14.2. The molecular weight excluding hydrogens is 728 g/mol. The zero-order valence-electron chi connectivity index (χ0n) is 32.1. The molecule has 0 saturated heterocycles. The smallest absolute Gasteiger partial charge is 0.230 e. The van der Waals surface area contributed by atoms with Crippen molar-refractivity contribution in [3.8, 4) is 0 Å². The lowest BCUT2D eigenvalue weighted by Crippen LogP contribution is -2.23. The minimum atomic E-state index is -3.44. The number of rotatable bonds is 10. The molecule has 2 unspecified atom stereocenters. The first-order valence-electron chi connectivity index (χ1n) is 18.5. The van der Waals surface area contributed by atoms with Crippen LogP contribution in [0.1, 0.15) is 71.1 Å². The highest BCUT2D eigenvalue weighted by Gasteiger charge is 2.37. The van der Waals surface area contributed by atoms with Gasteiger partial charge in [-0.15, -0.1) is 0 Å². The first-order valence-corrected chi connectivity index (χ1v) is 20.2. The number of hydrogen-bond acceptors (Lipinski definition) is 6. The lowest BCUT2D eigenvalue weighted by Gasteiger charge is -2.20. The molecule has 0 bridgehead atoms. The van der Waals surface area contributed by atoms with Crippen LogP contribution in [0.3, 0.4) is 0 Å². The summed E-state index contributed by atoms with van der Waals surface area (Å²) in [6, 6.07) is 57.6. The third-order valence-electron chi connectivity index (χ3n) is 9.26. The zero-order chi connectivity index (χ0) is 40.8. The molecule has 0 heterocycles. The van der Waals surface area contributed by atoms with E-state index in [2.05, 4.69) is 0 Å². The van der Waals surface area contributed by atoms with Crippen molar-refractivity contribution < 1.29 is 29.2 Å². The highest BCUT2D eigenvalue weighted by atomic mass is 31.2. The van der Waals surface area contributed by atoms with Crippen molar-refractivity contribution >= 4 is 34.8 Å². The highest BCUT2D eigenvalue weighted by Crippen LogP contribution is 2.48. The Morgan fingerprint density at radius 3 is 1.04 bits per heavy atom. The van der Waals surface area contributed by atoms with Crippen molar-refractivity contribution in [1.29, 1.82) is 0 Å². The molecule has 286 valence electrons. The Kier molecular flexibility index (Phi) is 14.7. The third-order valence-corrected chi connectivity index (χ3v) is 12.1. The molecule has 7 aromatic rings. The largest absolute Gasteiger partial charge is 0.380 e. The SMILES string of the molecule is Cc1cc(C)c(C(=O)P(=O)(c2ccccc2)c2ccccc2)c(C)c1.O=C(c1ccccc1)C(O)c1ccccc1.O=C(c1ccccc1)C(O)c1ccccc1. The van der Waals surface area contributed by atoms with Crippen LogP contribution in [-0.2, 0) is 4.57 Å². The van der Waals surface area contributed by atoms with Gasteiger partial charge in [0.25, 0.3) is 0 Å². The normalized spacial score (nSPS) is 11.7. The Hall–Kier alpha value is -6.30. The van der Waals surface area contributed by atoms with E-state index in [-0.39, 0.29) is 17.1 Å². The van der Waals surface area contributed by atoms with E-state index in [0.717, 1.165) is 16.7 Å². The van der Waals surface area contributed by atoms with Crippen LogP contribution in [0.2, 0.25) is 0 Å². The Morgan fingerprint density at radius 1 is 0.439 bits per heavy atom. The van der Waals surface area contributed by atoms with E-state index in [9.17, 15) is 29.2 Å². The predicted octanol–water partition coefficient (Wildman–Crippen LogP) is 9.97. The third kappa shape index (κ3) is 10.5. The van der Waals surface area contributed by atoms with E-state index >= 15 is 0 Å². The van der Waals surface area contributed by atoms with Crippen LogP contribution >= 0.6 is 7.14 Å². The molecule has 7 heteroatoms. The topological polar surface area (TPSA) is 109 Å². The molecule has 2 atom stereocenters. The number of carbonyl (C=O) groups excluding carboxylic acids is 3. The Balaban J connectivity index is 0.000000170. The number of aliphatic hydroxyl groups excluding tert-OH is 2. The maximum absolute atomic E-state index is 14.2. The molecule has 6 nitrogen and oxygen atoms in total. The van der Waals surface area contributed by atoms with Gasteiger partial charge in [-0.3, -0.25) is 14.4 Å². The molecule has 0 radical (unpaired) electrons. The number of benzene rings is 7. The van der Waals surface area contributed by atoms with Gasteiger partial charge in [0.2, 0.25) is 12.7 Å².